The maximum absolute atomic E-state index is 13.1. The minimum absolute atomic E-state index is 0.0486. The molecule has 0 bridgehead atoms. The largest absolute Gasteiger partial charge is 0.431 e. The van der Waals surface area contributed by atoms with Gasteiger partial charge in [0.2, 0.25) is 10.0 Å². The fourth-order valence-electron chi connectivity index (χ4n) is 3.99. The second-order valence-corrected chi connectivity index (χ2v) is 10.3. The number of aromatic nitrogens is 1. The summed E-state index contributed by atoms with van der Waals surface area (Å²) in [7, 11) is -3.87. The molecule has 0 atom stereocenters. The van der Waals surface area contributed by atoms with Crippen molar-refractivity contribution in [1.82, 2.24) is 4.57 Å². The summed E-state index contributed by atoms with van der Waals surface area (Å²) in [4.78, 5) is 25.8. The number of alkyl halides is 3. The summed E-state index contributed by atoms with van der Waals surface area (Å²) in [6.45, 7) is 0.105. The Morgan fingerprint density at radius 1 is 1.00 bits per heavy atom. The van der Waals surface area contributed by atoms with Crippen LogP contribution in [0.1, 0.15) is 21.5 Å². The first-order valence-electron chi connectivity index (χ1n) is 11.5. The van der Waals surface area contributed by atoms with Crippen LogP contribution in [-0.4, -0.2) is 31.3 Å². The van der Waals surface area contributed by atoms with Gasteiger partial charge in [0.25, 0.3) is 11.5 Å². The van der Waals surface area contributed by atoms with Crippen molar-refractivity contribution in [2.24, 2.45) is 10.9 Å². The van der Waals surface area contributed by atoms with Crippen molar-refractivity contribution in [2.45, 2.75) is 17.6 Å². The SMILES string of the molecule is N=C/C(=C(\N)C(F)(F)F)c1ccc2c(=O)n(Cc3cccc(C(=O)Nc4ccc(S(N)(=O)=O)cc4)c3)ccc2c1. The van der Waals surface area contributed by atoms with Gasteiger partial charge in [-0.3, -0.25) is 9.59 Å². The molecule has 0 fully saturated rings. The van der Waals surface area contributed by atoms with Gasteiger partial charge in [-0.1, -0.05) is 18.2 Å². The molecule has 13 heteroatoms. The topological polar surface area (TPSA) is 161 Å². The number of sulfonamides is 1. The summed E-state index contributed by atoms with van der Waals surface area (Å²) < 4.78 is 63.4. The van der Waals surface area contributed by atoms with Crippen molar-refractivity contribution in [3.63, 3.8) is 0 Å². The van der Waals surface area contributed by atoms with Crippen molar-refractivity contribution in [1.29, 1.82) is 5.41 Å². The second kappa shape index (κ2) is 10.8. The fraction of sp³-hybridized carbons (Fsp3) is 0.0741. The van der Waals surface area contributed by atoms with Crippen LogP contribution < -0.4 is 21.7 Å². The monoisotopic (exact) mass is 569 g/mol. The molecule has 6 N–H and O–H groups in total. The van der Waals surface area contributed by atoms with Crippen molar-refractivity contribution >= 4 is 44.2 Å². The minimum atomic E-state index is -4.81. The van der Waals surface area contributed by atoms with Gasteiger partial charge in [-0.15, -0.1) is 0 Å². The van der Waals surface area contributed by atoms with Crippen LogP contribution in [0.3, 0.4) is 0 Å². The molecule has 206 valence electrons. The molecule has 4 rings (SSSR count). The molecule has 0 saturated heterocycles. The van der Waals surface area contributed by atoms with Gasteiger partial charge in [-0.25, -0.2) is 13.6 Å². The van der Waals surface area contributed by atoms with E-state index in [1.54, 1.807) is 30.3 Å². The number of carbonyl (C=O) groups excluding carboxylic acids is 1. The van der Waals surface area contributed by atoms with Crippen LogP contribution >= 0.6 is 0 Å². The third-order valence-electron chi connectivity index (χ3n) is 6.01. The number of fused-ring (bicyclic) bond motifs is 1. The Morgan fingerprint density at radius 2 is 1.70 bits per heavy atom. The van der Waals surface area contributed by atoms with Crippen LogP contribution in [0.5, 0.6) is 0 Å². The Labute approximate surface area is 226 Å². The summed E-state index contributed by atoms with van der Waals surface area (Å²) in [5, 5.41) is 15.7. The van der Waals surface area contributed by atoms with Gasteiger partial charge in [0.15, 0.2) is 0 Å². The highest BCUT2D eigenvalue weighted by Gasteiger charge is 2.34. The molecular formula is C27H22F3N5O4S. The van der Waals surface area contributed by atoms with Crippen molar-refractivity contribution in [3.05, 3.63) is 112 Å². The van der Waals surface area contributed by atoms with Gasteiger partial charge in [0.1, 0.15) is 5.70 Å². The molecule has 0 unspecified atom stereocenters. The Morgan fingerprint density at radius 3 is 2.33 bits per heavy atom. The zero-order valence-corrected chi connectivity index (χ0v) is 21.4. The van der Waals surface area contributed by atoms with E-state index in [4.69, 9.17) is 16.3 Å². The molecule has 1 aromatic heterocycles. The number of halogens is 3. The van der Waals surface area contributed by atoms with Gasteiger partial charge in [-0.2, -0.15) is 13.2 Å². The van der Waals surface area contributed by atoms with E-state index >= 15 is 0 Å². The normalized spacial score (nSPS) is 12.6. The van der Waals surface area contributed by atoms with Crippen LogP contribution in [-0.2, 0) is 16.6 Å². The fourth-order valence-corrected chi connectivity index (χ4v) is 4.50. The maximum Gasteiger partial charge on any atom is 0.431 e. The number of carbonyl (C=O) groups is 1. The van der Waals surface area contributed by atoms with E-state index in [9.17, 15) is 31.2 Å². The Hall–Kier alpha value is -4.75. The Balaban J connectivity index is 1.57. The van der Waals surface area contributed by atoms with Crippen LogP contribution in [0.2, 0.25) is 0 Å². The van der Waals surface area contributed by atoms with Crippen molar-refractivity contribution in [3.8, 4) is 0 Å². The van der Waals surface area contributed by atoms with Gasteiger partial charge in [0, 0.05) is 34.6 Å². The zero-order chi connectivity index (χ0) is 29.2. The van der Waals surface area contributed by atoms with E-state index in [2.05, 4.69) is 5.32 Å². The molecule has 3 aromatic carbocycles. The summed E-state index contributed by atoms with van der Waals surface area (Å²) in [5.74, 6) is -0.461. The van der Waals surface area contributed by atoms with Gasteiger partial charge in [0.05, 0.1) is 11.4 Å². The van der Waals surface area contributed by atoms with Crippen molar-refractivity contribution in [2.75, 3.05) is 5.32 Å². The zero-order valence-electron chi connectivity index (χ0n) is 20.6. The van der Waals surface area contributed by atoms with E-state index in [1.165, 1.54) is 53.2 Å². The highest BCUT2D eigenvalue weighted by atomic mass is 32.2. The highest BCUT2D eigenvalue weighted by molar-refractivity contribution is 7.89. The number of nitrogens with two attached hydrogens (primary N) is 2. The Bertz CT molecular complexity index is 1830. The minimum Gasteiger partial charge on any atom is -0.394 e. The molecule has 0 aliphatic carbocycles. The van der Waals surface area contributed by atoms with Crippen LogP contribution in [0, 0.1) is 5.41 Å². The lowest BCUT2D eigenvalue weighted by molar-refractivity contribution is -0.0918. The van der Waals surface area contributed by atoms with Crippen LogP contribution in [0.25, 0.3) is 16.3 Å². The molecule has 1 amide bonds. The molecule has 9 nitrogen and oxygen atoms in total. The third kappa shape index (κ3) is 6.11. The van der Waals surface area contributed by atoms with Crippen LogP contribution in [0.4, 0.5) is 18.9 Å². The number of amides is 1. The number of nitrogens with zero attached hydrogens (tertiary/aromatic N) is 1. The maximum atomic E-state index is 13.1. The predicted octanol–water partition coefficient (Wildman–Crippen LogP) is 3.83. The smallest absolute Gasteiger partial charge is 0.394 e. The lowest BCUT2D eigenvalue weighted by Gasteiger charge is -2.13. The molecular weight excluding hydrogens is 547 g/mol. The summed E-state index contributed by atoms with van der Waals surface area (Å²) in [6.07, 6.45) is -2.81. The lowest BCUT2D eigenvalue weighted by atomic mass is 10.0. The Kier molecular flexibility index (Phi) is 7.62. The number of nitrogens with one attached hydrogen (secondary N) is 2. The molecule has 0 radical (unpaired) electrons. The number of rotatable bonds is 7. The number of benzene rings is 3. The highest BCUT2D eigenvalue weighted by Crippen LogP contribution is 2.29. The summed E-state index contributed by atoms with van der Waals surface area (Å²) in [6, 6.07) is 17.5. The molecule has 0 spiro atoms. The number of allylic oxidation sites excluding steroid dienone is 2. The number of hydrogen-bond donors (Lipinski definition) is 4. The van der Waals surface area contributed by atoms with E-state index < -0.39 is 38.9 Å². The van der Waals surface area contributed by atoms with Crippen LogP contribution in [0.15, 0.2) is 94.4 Å². The van der Waals surface area contributed by atoms with E-state index in [1.807, 2.05) is 0 Å². The number of primary sulfonamides is 1. The van der Waals surface area contributed by atoms with Gasteiger partial charge < -0.3 is 21.0 Å². The molecule has 4 aromatic rings. The third-order valence-corrected chi connectivity index (χ3v) is 6.94. The first-order chi connectivity index (χ1) is 18.8. The number of hydrogen-bond acceptors (Lipinski definition) is 6. The van der Waals surface area contributed by atoms with Gasteiger partial charge in [-0.05, 0) is 71.1 Å². The van der Waals surface area contributed by atoms with Crippen molar-refractivity contribution < 1.29 is 26.4 Å². The van der Waals surface area contributed by atoms with E-state index in [-0.39, 0.29) is 22.4 Å². The average Bonchev–Trinajstić information content (AvgIpc) is 2.90. The molecule has 0 saturated carbocycles. The molecule has 1 heterocycles. The molecule has 0 aliphatic rings. The number of anilines is 1. The van der Waals surface area contributed by atoms with E-state index in [0.717, 1.165) is 0 Å². The predicted molar refractivity (Wildman–Crippen MR) is 145 cm³/mol. The first-order valence-corrected chi connectivity index (χ1v) is 13.1. The number of pyridine rings is 1. The molecule has 0 aliphatic heterocycles. The quantitative estimate of drug-likeness (QED) is 0.248. The van der Waals surface area contributed by atoms with E-state index in [0.29, 0.717) is 28.4 Å². The summed E-state index contributed by atoms with van der Waals surface area (Å²) >= 11 is 0. The lowest BCUT2D eigenvalue weighted by Crippen LogP contribution is -2.22. The second-order valence-electron chi connectivity index (χ2n) is 8.74. The molecule has 40 heavy (non-hydrogen) atoms. The summed E-state index contributed by atoms with van der Waals surface area (Å²) in [5.41, 5.74) is 4.21. The standard InChI is InChI=1S/C27H22F3N5O4S/c28-27(29,30)24(32)23(14-31)17-4-9-22-18(13-17)10-11-35(26(22)37)15-16-2-1-3-19(12-16)25(36)34-20-5-7-21(8-6-20)40(33,38)39/h1-14,31H,15,32H2,(H,34,36)(H2,33,38,39)/b24-23+,31-14?. The average molecular weight is 570 g/mol. The first kappa shape index (κ1) is 28.3. The van der Waals surface area contributed by atoms with Gasteiger partial charge >= 0.3 is 6.18 Å².